The zero-order chi connectivity index (χ0) is 21.1. The Bertz CT molecular complexity index is 1160. The molecular weight excluding hydrogens is 382 g/mol. The number of H-pyrrole nitrogens is 1. The smallest absolute Gasteiger partial charge is 0.319 e. The minimum absolute atomic E-state index is 0.299. The summed E-state index contributed by atoms with van der Waals surface area (Å²) in [7, 11) is 1.61. The van der Waals surface area contributed by atoms with Gasteiger partial charge in [0.05, 0.1) is 30.4 Å². The summed E-state index contributed by atoms with van der Waals surface area (Å²) in [4.78, 5) is 25.0. The van der Waals surface area contributed by atoms with E-state index in [4.69, 9.17) is 4.74 Å². The van der Waals surface area contributed by atoms with Gasteiger partial charge in [-0.2, -0.15) is 5.10 Å². The van der Waals surface area contributed by atoms with E-state index in [9.17, 15) is 9.59 Å². The molecule has 1 aromatic heterocycles. The van der Waals surface area contributed by atoms with Crippen molar-refractivity contribution in [3.63, 3.8) is 0 Å². The predicted molar refractivity (Wildman–Crippen MR) is 115 cm³/mol. The van der Waals surface area contributed by atoms with Crippen molar-refractivity contribution in [3.05, 3.63) is 71.6 Å². The third-order valence-corrected chi connectivity index (χ3v) is 4.84. The number of carbonyl (C=O) groups is 2. The Balaban J connectivity index is 1.57. The number of rotatable bonds is 5. The Labute approximate surface area is 173 Å². The Hall–Kier alpha value is -4.07. The SMILES string of the molecule is COc1ccc(/C=C/C2NC(=O)NC(C)=C2C(=O)Nc2ccc3[nH]ncc3c2)cc1. The van der Waals surface area contributed by atoms with Gasteiger partial charge in [0.1, 0.15) is 5.75 Å². The molecule has 3 aromatic rings. The first-order valence-corrected chi connectivity index (χ1v) is 9.38. The second kappa shape index (κ2) is 8.12. The largest absolute Gasteiger partial charge is 0.497 e. The third kappa shape index (κ3) is 4.02. The lowest BCUT2D eigenvalue weighted by molar-refractivity contribution is -0.113. The lowest BCUT2D eigenvalue weighted by Gasteiger charge is -2.26. The highest BCUT2D eigenvalue weighted by molar-refractivity contribution is 6.07. The maximum atomic E-state index is 13.0. The van der Waals surface area contributed by atoms with Gasteiger partial charge in [-0.25, -0.2) is 4.79 Å². The highest BCUT2D eigenvalue weighted by Crippen LogP contribution is 2.21. The molecule has 2 heterocycles. The van der Waals surface area contributed by atoms with Crippen LogP contribution in [-0.4, -0.2) is 35.3 Å². The number of aromatic amines is 1. The Morgan fingerprint density at radius 1 is 1.20 bits per heavy atom. The number of nitrogens with zero attached hydrogens (tertiary/aromatic N) is 1. The number of hydrogen-bond acceptors (Lipinski definition) is 4. The van der Waals surface area contributed by atoms with Crippen LogP contribution in [0.3, 0.4) is 0 Å². The summed E-state index contributed by atoms with van der Waals surface area (Å²) in [5.41, 5.74) is 3.39. The van der Waals surface area contributed by atoms with Crippen molar-refractivity contribution >= 4 is 34.6 Å². The summed E-state index contributed by atoms with van der Waals surface area (Å²) < 4.78 is 5.16. The minimum Gasteiger partial charge on any atom is -0.497 e. The van der Waals surface area contributed by atoms with E-state index in [1.165, 1.54) is 0 Å². The van der Waals surface area contributed by atoms with E-state index in [-0.39, 0.29) is 11.9 Å². The van der Waals surface area contributed by atoms with Gasteiger partial charge in [0, 0.05) is 16.8 Å². The average Bonchev–Trinajstić information content (AvgIpc) is 3.20. The summed E-state index contributed by atoms with van der Waals surface area (Å²) >= 11 is 0. The van der Waals surface area contributed by atoms with Crippen LogP contribution in [0.5, 0.6) is 5.75 Å². The monoisotopic (exact) mass is 403 g/mol. The number of fused-ring (bicyclic) bond motifs is 1. The summed E-state index contributed by atoms with van der Waals surface area (Å²) in [5.74, 6) is 0.458. The molecule has 4 rings (SSSR count). The quantitative estimate of drug-likeness (QED) is 0.525. The molecule has 1 aliphatic rings. The fourth-order valence-electron chi connectivity index (χ4n) is 3.32. The molecule has 0 bridgehead atoms. The van der Waals surface area contributed by atoms with Crippen molar-refractivity contribution in [3.8, 4) is 5.75 Å². The van der Waals surface area contributed by atoms with Crippen LogP contribution in [0.1, 0.15) is 12.5 Å². The predicted octanol–water partition coefficient (Wildman–Crippen LogP) is 3.18. The van der Waals surface area contributed by atoms with Crippen molar-refractivity contribution in [2.24, 2.45) is 0 Å². The van der Waals surface area contributed by atoms with Crippen LogP contribution >= 0.6 is 0 Å². The van der Waals surface area contributed by atoms with Crippen LogP contribution in [0.2, 0.25) is 0 Å². The van der Waals surface area contributed by atoms with E-state index < -0.39 is 6.04 Å². The Kier molecular flexibility index (Phi) is 5.21. The molecule has 0 saturated carbocycles. The van der Waals surface area contributed by atoms with E-state index >= 15 is 0 Å². The van der Waals surface area contributed by atoms with E-state index in [0.29, 0.717) is 17.0 Å². The van der Waals surface area contributed by atoms with Crippen LogP contribution in [0.15, 0.2) is 66.0 Å². The number of anilines is 1. The highest BCUT2D eigenvalue weighted by Gasteiger charge is 2.28. The summed E-state index contributed by atoms with van der Waals surface area (Å²) in [6, 6.07) is 12.1. The molecule has 1 unspecified atom stereocenters. The molecule has 152 valence electrons. The molecule has 30 heavy (non-hydrogen) atoms. The maximum absolute atomic E-state index is 13.0. The van der Waals surface area contributed by atoms with Crippen molar-refractivity contribution in [2.45, 2.75) is 13.0 Å². The number of urea groups is 1. The first kappa shape index (κ1) is 19.3. The second-order valence-electron chi connectivity index (χ2n) is 6.87. The number of amides is 3. The Morgan fingerprint density at radius 2 is 2.00 bits per heavy atom. The number of aromatic nitrogens is 2. The standard InChI is InChI=1S/C22H21N5O3/c1-13-20(21(28)25-16-6-10-18-15(11-16)12-23-27-18)19(26-22(29)24-13)9-5-14-3-7-17(30-2)8-4-14/h3-12,19H,1-2H3,(H,23,27)(H,25,28)(H2,24,26,29)/b9-5+. The van der Waals surface area contributed by atoms with Gasteiger partial charge < -0.3 is 20.7 Å². The van der Waals surface area contributed by atoms with Crippen LogP contribution in [0.4, 0.5) is 10.5 Å². The van der Waals surface area contributed by atoms with E-state index in [1.807, 2.05) is 42.5 Å². The van der Waals surface area contributed by atoms with Crippen molar-refractivity contribution < 1.29 is 14.3 Å². The molecule has 0 spiro atoms. The van der Waals surface area contributed by atoms with Crippen molar-refractivity contribution in [1.29, 1.82) is 0 Å². The first-order valence-electron chi connectivity index (χ1n) is 9.38. The fourth-order valence-corrected chi connectivity index (χ4v) is 3.32. The van der Waals surface area contributed by atoms with Gasteiger partial charge >= 0.3 is 6.03 Å². The van der Waals surface area contributed by atoms with Crippen LogP contribution in [0.25, 0.3) is 17.0 Å². The fraction of sp³-hybridized carbons (Fsp3) is 0.136. The molecule has 1 atom stereocenters. The molecule has 0 fully saturated rings. The summed E-state index contributed by atoms with van der Waals surface area (Å²) in [6.45, 7) is 1.71. The van der Waals surface area contributed by atoms with Crippen LogP contribution in [-0.2, 0) is 4.79 Å². The number of methoxy groups -OCH3 is 1. The van der Waals surface area contributed by atoms with Gasteiger partial charge in [-0.3, -0.25) is 9.89 Å². The number of nitrogens with one attached hydrogen (secondary N) is 4. The second-order valence-corrected chi connectivity index (χ2v) is 6.87. The first-order chi connectivity index (χ1) is 14.5. The zero-order valence-corrected chi connectivity index (χ0v) is 16.5. The normalized spacial score (nSPS) is 16.5. The highest BCUT2D eigenvalue weighted by atomic mass is 16.5. The number of benzene rings is 2. The van der Waals surface area contributed by atoms with Gasteiger partial charge in [-0.15, -0.1) is 0 Å². The van der Waals surface area contributed by atoms with E-state index in [2.05, 4.69) is 26.1 Å². The third-order valence-electron chi connectivity index (χ3n) is 4.84. The maximum Gasteiger partial charge on any atom is 0.319 e. The summed E-state index contributed by atoms with van der Waals surface area (Å²) in [5, 5.41) is 16.1. The van der Waals surface area contributed by atoms with Crippen molar-refractivity contribution in [2.75, 3.05) is 12.4 Å². The van der Waals surface area contributed by atoms with E-state index in [0.717, 1.165) is 22.2 Å². The molecule has 4 N–H and O–H groups in total. The summed E-state index contributed by atoms with van der Waals surface area (Å²) in [6.07, 6.45) is 5.34. The molecular formula is C22H21N5O3. The average molecular weight is 403 g/mol. The van der Waals surface area contributed by atoms with E-state index in [1.54, 1.807) is 32.4 Å². The minimum atomic E-state index is -0.571. The van der Waals surface area contributed by atoms with Crippen LogP contribution in [0, 0.1) is 0 Å². The molecule has 1 aliphatic heterocycles. The molecule has 0 saturated heterocycles. The molecule has 3 amide bonds. The molecule has 8 nitrogen and oxygen atoms in total. The van der Waals surface area contributed by atoms with Crippen LogP contribution < -0.4 is 20.7 Å². The van der Waals surface area contributed by atoms with Gasteiger partial charge in [0.25, 0.3) is 5.91 Å². The van der Waals surface area contributed by atoms with Crippen molar-refractivity contribution in [1.82, 2.24) is 20.8 Å². The number of allylic oxidation sites excluding steroid dienone is 1. The molecule has 0 radical (unpaired) electrons. The lowest BCUT2D eigenvalue weighted by Crippen LogP contribution is -2.49. The van der Waals surface area contributed by atoms with Gasteiger partial charge in [-0.05, 0) is 42.8 Å². The molecule has 2 aromatic carbocycles. The molecule has 0 aliphatic carbocycles. The topological polar surface area (TPSA) is 108 Å². The van der Waals surface area contributed by atoms with Gasteiger partial charge in [0.15, 0.2) is 0 Å². The number of ether oxygens (including phenoxy) is 1. The number of carbonyl (C=O) groups excluding carboxylic acids is 2. The lowest BCUT2D eigenvalue weighted by atomic mass is 10.0. The van der Waals surface area contributed by atoms with Gasteiger partial charge in [0.2, 0.25) is 0 Å². The number of hydrogen-bond donors (Lipinski definition) is 4. The zero-order valence-electron chi connectivity index (χ0n) is 16.5. The Morgan fingerprint density at radius 3 is 2.77 bits per heavy atom. The van der Waals surface area contributed by atoms with Gasteiger partial charge in [-0.1, -0.05) is 24.3 Å². The molecule has 8 heteroatoms.